The van der Waals surface area contributed by atoms with E-state index in [4.69, 9.17) is 0 Å². The highest BCUT2D eigenvalue weighted by atomic mass is 16.2. The first-order valence-electron chi connectivity index (χ1n) is 7.37. The van der Waals surface area contributed by atoms with Gasteiger partial charge in [0.05, 0.1) is 0 Å². The van der Waals surface area contributed by atoms with Gasteiger partial charge in [0.1, 0.15) is 0 Å². The summed E-state index contributed by atoms with van der Waals surface area (Å²) in [5.41, 5.74) is 0. The van der Waals surface area contributed by atoms with Crippen LogP contribution in [0.2, 0.25) is 0 Å². The quantitative estimate of drug-likeness (QED) is 0.614. The Morgan fingerprint density at radius 2 is 1.71 bits per heavy atom. The Hall–Kier alpha value is -0.730. The molecule has 0 aromatic heterocycles. The molecule has 1 fully saturated rings. The monoisotopic (exact) mass is 240 g/mol. The van der Waals surface area contributed by atoms with Gasteiger partial charge in [-0.25, -0.2) is 4.79 Å². The molecule has 1 N–H and O–H groups in total. The zero-order valence-corrected chi connectivity index (χ0v) is 11.3. The Morgan fingerprint density at radius 3 is 2.35 bits per heavy atom. The third-order valence-corrected chi connectivity index (χ3v) is 3.45. The number of urea groups is 1. The molecule has 0 aromatic rings. The number of amides is 2. The lowest BCUT2D eigenvalue weighted by Gasteiger charge is -2.27. The van der Waals surface area contributed by atoms with Gasteiger partial charge in [-0.15, -0.1) is 0 Å². The summed E-state index contributed by atoms with van der Waals surface area (Å²) >= 11 is 0. The first-order chi connectivity index (χ1) is 8.34. The van der Waals surface area contributed by atoms with Crippen molar-refractivity contribution in [1.29, 1.82) is 0 Å². The number of nitrogens with one attached hydrogen (secondary N) is 1. The van der Waals surface area contributed by atoms with Crippen LogP contribution in [0.1, 0.15) is 64.7 Å². The maximum Gasteiger partial charge on any atom is 0.317 e. The van der Waals surface area contributed by atoms with Gasteiger partial charge in [-0.2, -0.15) is 0 Å². The van der Waals surface area contributed by atoms with Gasteiger partial charge in [-0.3, -0.25) is 0 Å². The third-order valence-electron chi connectivity index (χ3n) is 3.45. The van der Waals surface area contributed by atoms with Gasteiger partial charge < -0.3 is 10.2 Å². The average molecular weight is 240 g/mol. The smallest absolute Gasteiger partial charge is 0.317 e. The van der Waals surface area contributed by atoms with Crippen molar-refractivity contribution in [3.8, 4) is 0 Å². The van der Waals surface area contributed by atoms with Crippen molar-refractivity contribution in [2.24, 2.45) is 0 Å². The highest BCUT2D eigenvalue weighted by Gasteiger charge is 2.15. The third kappa shape index (κ3) is 6.54. The van der Waals surface area contributed by atoms with Gasteiger partial charge in [0.15, 0.2) is 0 Å². The average Bonchev–Trinajstić information content (AvgIpc) is 2.35. The minimum absolute atomic E-state index is 0.138. The highest BCUT2D eigenvalue weighted by Crippen LogP contribution is 2.09. The zero-order chi connectivity index (χ0) is 12.3. The molecule has 0 atom stereocenters. The van der Waals surface area contributed by atoms with Gasteiger partial charge in [-0.05, 0) is 12.8 Å². The summed E-state index contributed by atoms with van der Waals surface area (Å²) in [7, 11) is 0. The molecular formula is C14H28N2O. The number of hydrogen-bond donors (Lipinski definition) is 1. The summed E-state index contributed by atoms with van der Waals surface area (Å²) in [6.45, 7) is 5.00. The summed E-state index contributed by atoms with van der Waals surface area (Å²) in [6, 6.07) is 0.138. The molecule has 0 bridgehead atoms. The molecule has 1 aliphatic heterocycles. The van der Waals surface area contributed by atoms with Crippen molar-refractivity contribution in [2.45, 2.75) is 64.7 Å². The van der Waals surface area contributed by atoms with Crippen molar-refractivity contribution in [3.05, 3.63) is 0 Å². The molecule has 0 aliphatic carbocycles. The largest absolute Gasteiger partial charge is 0.338 e. The molecule has 1 aliphatic rings. The summed E-state index contributed by atoms with van der Waals surface area (Å²) < 4.78 is 0. The fourth-order valence-corrected chi connectivity index (χ4v) is 2.33. The number of unbranched alkanes of at least 4 members (excludes halogenated alkanes) is 7. The van der Waals surface area contributed by atoms with Crippen LogP contribution in [-0.2, 0) is 0 Å². The van der Waals surface area contributed by atoms with Crippen LogP contribution in [-0.4, -0.2) is 30.6 Å². The maximum atomic E-state index is 11.4. The number of rotatable bonds is 9. The maximum absolute atomic E-state index is 11.4. The fourth-order valence-electron chi connectivity index (χ4n) is 2.33. The van der Waals surface area contributed by atoms with E-state index in [0.717, 1.165) is 26.1 Å². The SMILES string of the molecule is CCCCCCCCCCN1CCCNC1=O. The van der Waals surface area contributed by atoms with E-state index in [1.807, 2.05) is 4.90 Å². The van der Waals surface area contributed by atoms with Crippen LogP contribution >= 0.6 is 0 Å². The topological polar surface area (TPSA) is 32.3 Å². The molecule has 0 aromatic carbocycles. The van der Waals surface area contributed by atoms with E-state index in [2.05, 4.69) is 12.2 Å². The second kappa shape index (κ2) is 9.32. The second-order valence-corrected chi connectivity index (χ2v) is 5.05. The molecule has 2 amide bonds. The molecule has 0 radical (unpaired) electrons. The van der Waals surface area contributed by atoms with Crippen LogP contribution in [0.25, 0.3) is 0 Å². The Labute approximate surface area is 106 Å². The van der Waals surface area contributed by atoms with E-state index in [-0.39, 0.29) is 6.03 Å². The molecule has 0 unspecified atom stereocenters. The molecule has 3 nitrogen and oxygen atoms in total. The van der Waals surface area contributed by atoms with E-state index >= 15 is 0 Å². The van der Waals surface area contributed by atoms with Gasteiger partial charge >= 0.3 is 6.03 Å². The van der Waals surface area contributed by atoms with Crippen LogP contribution in [0.4, 0.5) is 4.79 Å². The number of nitrogens with zero attached hydrogens (tertiary/aromatic N) is 1. The summed E-state index contributed by atoms with van der Waals surface area (Å²) in [5.74, 6) is 0. The predicted octanol–water partition coefficient (Wildman–Crippen LogP) is 3.54. The van der Waals surface area contributed by atoms with Gasteiger partial charge in [-0.1, -0.05) is 51.9 Å². The Morgan fingerprint density at radius 1 is 1.06 bits per heavy atom. The van der Waals surface area contributed by atoms with Gasteiger partial charge in [0.2, 0.25) is 0 Å². The van der Waals surface area contributed by atoms with E-state index in [1.165, 1.54) is 51.4 Å². The van der Waals surface area contributed by atoms with Crippen molar-refractivity contribution in [1.82, 2.24) is 10.2 Å². The van der Waals surface area contributed by atoms with E-state index < -0.39 is 0 Å². The van der Waals surface area contributed by atoms with Crippen LogP contribution < -0.4 is 5.32 Å². The first kappa shape index (κ1) is 14.3. The standard InChI is InChI=1S/C14H28N2O/c1-2-3-4-5-6-7-8-9-12-16-13-10-11-15-14(16)17/h2-13H2,1H3,(H,15,17). The van der Waals surface area contributed by atoms with E-state index in [1.54, 1.807) is 0 Å². The van der Waals surface area contributed by atoms with E-state index in [9.17, 15) is 4.79 Å². The van der Waals surface area contributed by atoms with Gasteiger partial charge in [0, 0.05) is 19.6 Å². The van der Waals surface area contributed by atoms with Gasteiger partial charge in [0.25, 0.3) is 0 Å². The van der Waals surface area contributed by atoms with Crippen LogP contribution in [0.3, 0.4) is 0 Å². The van der Waals surface area contributed by atoms with Crippen LogP contribution in [0.15, 0.2) is 0 Å². The number of carbonyl (C=O) groups is 1. The molecule has 3 heteroatoms. The second-order valence-electron chi connectivity index (χ2n) is 5.05. The minimum Gasteiger partial charge on any atom is -0.338 e. The van der Waals surface area contributed by atoms with Crippen LogP contribution in [0.5, 0.6) is 0 Å². The molecule has 1 heterocycles. The van der Waals surface area contributed by atoms with Crippen molar-refractivity contribution in [3.63, 3.8) is 0 Å². The summed E-state index contributed by atoms with van der Waals surface area (Å²) in [5, 5.41) is 2.89. The molecule has 1 rings (SSSR count). The number of hydrogen-bond acceptors (Lipinski definition) is 1. The fraction of sp³-hybridized carbons (Fsp3) is 0.929. The molecule has 0 saturated carbocycles. The molecule has 17 heavy (non-hydrogen) atoms. The highest BCUT2D eigenvalue weighted by molar-refractivity contribution is 5.74. The molecular weight excluding hydrogens is 212 g/mol. The lowest BCUT2D eigenvalue weighted by Crippen LogP contribution is -2.46. The van der Waals surface area contributed by atoms with E-state index in [0.29, 0.717) is 0 Å². The summed E-state index contributed by atoms with van der Waals surface area (Å²) in [6.07, 6.45) is 11.7. The normalized spacial score (nSPS) is 16.1. The zero-order valence-electron chi connectivity index (χ0n) is 11.3. The van der Waals surface area contributed by atoms with Crippen LogP contribution in [0, 0.1) is 0 Å². The van der Waals surface area contributed by atoms with Crippen molar-refractivity contribution < 1.29 is 4.79 Å². The lowest BCUT2D eigenvalue weighted by molar-refractivity contribution is 0.185. The minimum atomic E-state index is 0.138. The molecule has 100 valence electrons. The Balaban J connectivity index is 1.88. The summed E-state index contributed by atoms with van der Waals surface area (Å²) in [4.78, 5) is 13.4. The Bertz CT molecular complexity index is 206. The Kier molecular flexibility index (Phi) is 7.85. The van der Waals surface area contributed by atoms with Crippen molar-refractivity contribution >= 4 is 6.03 Å². The molecule has 0 spiro atoms. The number of carbonyl (C=O) groups excluding carboxylic acids is 1. The first-order valence-corrected chi connectivity index (χ1v) is 7.37. The lowest BCUT2D eigenvalue weighted by atomic mass is 10.1. The molecule has 1 saturated heterocycles. The predicted molar refractivity (Wildman–Crippen MR) is 72.2 cm³/mol. The van der Waals surface area contributed by atoms with Crippen molar-refractivity contribution in [2.75, 3.05) is 19.6 Å².